The molecule has 1 aliphatic rings. The second-order valence-corrected chi connectivity index (χ2v) is 10.4. The van der Waals surface area contributed by atoms with Crippen LogP contribution in [-0.4, -0.2) is 24.8 Å². The molecule has 0 bridgehead atoms. The molecule has 3 unspecified atom stereocenters. The van der Waals surface area contributed by atoms with Crippen LogP contribution >= 0.6 is 11.8 Å². The molecular weight excluding hydrogens is 390 g/mol. The van der Waals surface area contributed by atoms with Crippen molar-refractivity contribution in [1.29, 1.82) is 5.26 Å². The summed E-state index contributed by atoms with van der Waals surface area (Å²) in [5, 5.41) is 9.47. The van der Waals surface area contributed by atoms with Gasteiger partial charge in [0.25, 0.3) is 0 Å². The lowest BCUT2D eigenvalue weighted by atomic mass is 9.93. The van der Waals surface area contributed by atoms with E-state index in [1.54, 1.807) is 11.8 Å². The molecule has 1 aromatic rings. The van der Waals surface area contributed by atoms with Gasteiger partial charge in [0.2, 0.25) is 10.0 Å². The number of unbranched alkanes of at least 4 members (excludes halogenated alkanes) is 5. The summed E-state index contributed by atoms with van der Waals surface area (Å²) in [5.41, 5.74) is 5.01. The predicted octanol–water partition coefficient (Wildman–Crippen LogP) is 4.38. The van der Waals surface area contributed by atoms with Gasteiger partial charge in [0.1, 0.15) is 0 Å². The molecule has 1 aromatic carbocycles. The highest BCUT2D eigenvalue weighted by Crippen LogP contribution is 2.37. The van der Waals surface area contributed by atoms with E-state index in [1.165, 1.54) is 19.3 Å². The normalized spacial score (nSPS) is 20.2. The fraction of sp³-hybridized carbons (Fsp3) is 0.571. The zero-order chi connectivity index (χ0) is 20.4. The van der Waals surface area contributed by atoms with Crippen molar-refractivity contribution in [2.24, 2.45) is 0 Å². The number of aryl methyl sites for hydroxylation is 1. The maximum absolute atomic E-state index is 12.2. The van der Waals surface area contributed by atoms with Crippen LogP contribution in [0.3, 0.4) is 0 Å². The average molecular weight is 422 g/mol. The van der Waals surface area contributed by atoms with Crippen molar-refractivity contribution >= 4 is 21.8 Å². The van der Waals surface area contributed by atoms with Crippen molar-refractivity contribution < 1.29 is 8.42 Å². The Hall–Kier alpha value is -1.33. The Bertz CT molecular complexity index is 787. The Kier molecular flexibility index (Phi) is 9.52. The Balaban J connectivity index is 1.77. The Morgan fingerprint density at radius 2 is 1.86 bits per heavy atom. The first-order valence-electron chi connectivity index (χ1n) is 10.0. The molecule has 5 nitrogen and oxygen atoms in total. The number of nitrogens with zero attached hydrogens (tertiary/aromatic N) is 1. The number of thioether (sulfide) groups is 1. The quantitative estimate of drug-likeness (QED) is 0.297. The molecule has 0 aliphatic carbocycles. The van der Waals surface area contributed by atoms with Crippen LogP contribution in [0.25, 0.3) is 0 Å². The lowest BCUT2D eigenvalue weighted by molar-refractivity contribution is 0.553. The molecule has 0 spiro atoms. The summed E-state index contributed by atoms with van der Waals surface area (Å²) < 4.78 is 24.3. The zero-order valence-corrected chi connectivity index (χ0v) is 18.4. The molecule has 28 heavy (non-hydrogen) atoms. The number of hydrazine groups is 1. The van der Waals surface area contributed by atoms with Crippen LogP contribution in [-0.2, 0) is 10.0 Å². The van der Waals surface area contributed by atoms with E-state index in [-0.39, 0.29) is 22.3 Å². The molecule has 2 rings (SSSR count). The molecular formula is C21H31N3O2S2. The van der Waals surface area contributed by atoms with E-state index in [0.717, 1.165) is 24.0 Å². The number of hydrogen-bond acceptors (Lipinski definition) is 5. The van der Waals surface area contributed by atoms with Crippen LogP contribution < -0.4 is 10.3 Å². The smallest absolute Gasteiger partial charge is 0.224 e. The first-order valence-corrected chi connectivity index (χ1v) is 12.6. The summed E-state index contributed by atoms with van der Waals surface area (Å²) in [7, 11) is -3.34. The number of sulfonamides is 1. The van der Waals surface area contributed by atoms with Crippen LogP contribution in [0.1, 0.15) is 62.5 Å². The molecule has 0 amide bonds. The van der Waals surface area contributed by atoms with Gasteiger partial charge in [-0.25, -0.2) is 13.8 Å². The molecule has 2 N–H and O–H groups in total. The fourth-order valence-electron chi connectivity index (χ4n) is 3.27. The highest BCUT2D eigenvalue weighted by Gasteiger charge is 2.29. The summed E-state index contributed by atoms with van der Waals surface area (Å²) in [5.74, 6) is -0.116. The molecule has 7 heteroatoms. The number of benzene rings is 1. The molecule has 1 heterocycles. The van der Waals surface area contributed by atoms with Crippen LogP contribution in [0.5, 0.6) is 0 Å². The second kappa shape index (κ2) is 11.6. The highest BCUT2D eigenvalue weighted by molar-refractivity contribution is 8.01. The predicted molar refractivity (Wildman–Crippen MR) is 117 cm³/mol. The van der Waals surface area contributed by atoms with Crippen LogP contribution in [0.4, 0.5) is 0 Å². The zero-order valence-electron chi connectivity index (χ0n) is 16.7. The van der Waals surface area contributed by atoms with Gasteiger partial charge in [-0.2, -0.15) is 10.1 Å². The molecule has 154 valence electrons. The van der Waals surface area contributed by atoms with Crippen molar-refractivity contribution in [1.82, 2.24) is 10.3 Å². The highest BCUT2D eigenvalue weighted by atomic mass is 32.2. The van der Waals surface area contributed by atoms with Gasteiger partial charge in [0.05, 0.1) is 23.1 Å². The minimum atomic E-state index is -3.34. The summed E-state index contributed by atoms with van der Waals surface area (Å²) in [6, 6.07) is 10.3. The van der Waals surface area contributed by atoms with Crippen LogP contribution in [0, 0.1) is 18.3 Å². The third-order valence-electron chi connectivity index (χ3n) is 4.89. The molecule has 0 radical (unpaired) electrons. The fourth-order valence-corrected chi connectivity index (χ4v) is 5.53. The van der Waals surface area contributed by atoms with Gasteiger partial charge in [0.15, 0.2) is 0 Å². The first-order chi connectivity index (χ1) is 13.5. The van der Waals surface area contributed by atoms with Crippen molar-refractivity contribution in [2.45, 2.75) is 68.9 Å². The SMILES string of the molecule is CCCCCCCCS(=O)(=O)NNC1C=CC(C(C#N)c2ccccc2C)S1. The third-order valence-corrected chi connectivity index (χ3v) is 7.46. The average Bonchev–Trinajstić information content (AvgIpc) is 3.14. The van der Waals surface area contributed by atoms with E-state index in [2.05, 4.69) is 23.2 Å². The Morgan fingerprint density at radius 3 is 2.57 bits per heavy atom. The second-order valence-electron chi connectivity index (χ2n) is 7.20. The number of nitriles is 1. The van der Waals surface area contributed by atoms with Crippen molar-refractivity contribution in [2.75, 3.05) is 5.75 Å². The third kappa shape index (κ3) is 7.25. The molecule has 0 fully saturated rings. The van der Waals surface area contributed by atoms with Crippen LogP contribution in [0.2, 0.25) is 0 Å². The van der Waals surface area contributed by atoms with Crippen molar-refractivity contribution in [3.8, 4) is 6.07 Å². The Labute approximate surface area is 174 Å². The van der Waals surface area contributed by atoms with Gasteiger partial charge < -0.3 is 0 Å². The lowest BCUT2D eigenvalue weighted by Gasteiger charge is -2.19. The van der Waals surface area contributed by atoms with Gasteiger partial charge in [-0.3, -0.25) is 0 Å². The number of rotatable bonds is 12. The van der Waals surface area contributed by atoms with Gasteiger partial charge in [-0.1, -0.05) is 75.4 Å². The molecule has 3 atom stereocenters. The van der Waals surface area contributed by atoms with Gasteiger partial charge >= 0.3 is 0 Å². The van der Waals surface area contributed by atoms with E-state index in [9.17, 15) is 13.7 Å². The van der Waals surface area contributed by atoms with Gasteiger partial charge in [-0.05, 0) is 24.5 Å². The van der Waals surface area contributed by atoms with Crippen LogP contribution in [0.15, 0.2) is 36.4 Å². The molecule has 0 aromatic heterocycles. The molecule has 0 saturated carbocycles. The maximum atomic E-state index is 12.2. The standard InChI is InChI=1S/C21H31N3O2S2/c1-3-4-5-6-7-10-15-28(25,26)24-23-21-14-13-20(27-21)19(16-22)18-12-9-8-11-17(18)2/h8-9,11-14,19-21,23-24H,3-7,10,15H2,1-2H3. The number of hydrogen-bond donors (Lipinski definition) is 2. The van der Waals surface area contributed by atoms with E-state index in [4.69, 9.17) is 0 Å². The minimum absolute atomic E-state index is 0.00771. The van der Waals surface area contributed by atoms with E-state index in [0.29, 0.717) is 6.42 Å². The largest absolute Gasteiger partial charge is 0.227 e. The van der Waals surface area contributed by atoms with Gasteiger partial charge in [0, 0.05) is 5.25 Å². The van der Waals surface area contributed by atoms with Crippen molar-refractivity contribution in [3.05, 3.63) is 47.5 Å². The summed E-state index contributed by atoms with van der Waals surface area (Å²) in [6.07, 6.45) is 10.2. The first kappa shape index (κ1) is 23.0. The lowest BCUT2D eigenvalue weighted by Crippen LogP contribution is -2.42. The van der Waals surface area contributed by atoms with E-state index in [1.807, 2.05) is 43.3 Å². The maximum Gasteiger partial charge on any atom is 0.224 e. The van der Waals surface area contributed by atoms with E-state index >= 15 is 0 Å². The minimum Gasteiger partial charge on any atom is -0.227 e. The summed E-state index contributed by atoms with van der Waals surface area (Å²) in [4.78, 5) is 2.50. The summed E-state index contributed by atoms with van der Waals surface area (Å²) in [6.45, 7) is 4.18. The monoisotopic (exact) mass is 421 g/mol. The van der Waals surface area contributed by atoms with E-state index < -0.39 is 10.0 Å². The molecule has 0 saturated heterocycles. The number of nitrogens with one attached hydrogen (secondary N) is 2. The Morgan fingerprint density at radius 1 is 1.14 bits per heavy atom. The van der Waals surface area contributed by atoms with Gasteiger partial charge in [-0.15, -0.1) is 11.8 Å². The van der Waals surface area contributed by atoms with Crippen molar-refractivity contribution in [3.63, 3.8) is 0 Å². The summed E-state index contributed by atoms with van der Waals surface area (Å²) >= 11 is 1.55. The molecule has 1 aliphatic heterocycles. The topological polar surface area (TPSA) is 82.0 Å².